The fraction of sp³-hybridized carbons (Fsp3) is 0.597. The lowest BCUT2D eigenvalue weighted by Crippen LogP contribution is -2.30. The van der Waals surface area contributed by atoms with Crippen molar-refractivity contribution in [2.45, 2.75) is 284 Å². The lowest BCUT2D eigenvalue weighted by atomic mass is 10.1. The molecule has 0 saturated carbocycles. The summed E-state index contributed by atoms with van der Waals surface area (Å²) in [6.45, 7) is 6.42. The molecule has 0 radical (unpaired) electrons. The zero-order valence-electron chi connectivity index (χ0n) is 53.4. The Labute approximate surface area is 511 Å². The van der Waals surface area contributed by atoms with E-state index in [1.807, 2.05) is 0 Å². The third-order valence-electron chi connectivity index (χ3n) is 13.7. The molecule has 0 heterocycles. The average molecular weight is 1140 g/mol. The van der Waals surface area contributed by atoms with Crippen LogP contribution in [0.15, 0.2) is 170 Å². The monoisotopic (exact) mass is 1140 g/mol. The van der Waals surface area contributed by atoms with Gasteiger partial charge in [-0.15, -0.1) is 0 Å². The molecule has 0 fully saturated rings. The Morgan fingerprint density at radius 3 is 0.759 bits per heavy atom. The third kappa shape index (κ3) is 67.4. The highest BCUT2D eigenvalue weighted by atomic mass is 16.6. The maximum Gasteiger partial charge on any atom is 0.306 e. The van der Waals surface area contributed by atoms with Gasteiger partial charge in [0.25, 0.3) is 0 Å². The molecule has 0 aliphatic carbocycles. The van der Waals surface area contributed by atoms with Gasteiger partial charge in [-0.3, -0.25) is 14.4 Å². The summed E-state index contributed by atoms with van der Waals surface area (Å²) < 4.78 is 16.9. The maximum absolute atomic E-state index is 12.9. The van der Waals surface area contributed by atoms with E-state index in [-0.39, 0.29) is 31.1 Å². The fourth-order valence-corrected chi connectivity index (χ4v) is 8.65. The Morgan fingerprint density at radius 2 is 0.470 bits per heavy atom. The molecule has 1 atom stereocenters. The molecular weight excluding hydrogens is 1020 g/mol. The van der Waals surface area contributed by atoms with Crippen LogP contribution in [-0.2, 0) is 28.6 Å². The van der Waals surface area contributed by atoms with Gasteiger partial charge in [-0.25, -0.2) is 0 Å². The van der Waals surface area contributed by atoms with E-state index in [9.17, 15) is 14.4 Å². The standard InChI is InChI=1S/C77H122O6/c1-4-7-10-13-16-19-22-25-28-30-31-32-33-34-35-36-37-38-39-40-41-42-43-44-45-47-49-52-55-58-61-64-67-70-76(79)82-73-74(72-81-75(78)69-66-63-60-57-54-51-48-27-24-21-18-15-12-9-6-3)83-77(80)71-68-65-62-59-56-53-50-46-29-26-23-20-17-14-11-8-5-2/h7,10,16-21,25-29,31-32,34-35,37-38,40-41,43-44,47-49,55,58,74H,4-6,8-9,11-15,22-24,30,33,36,39,42,45-46,50-54,56-57,59-73H2,1-3H3/b10-7-,19-16-,20-17-,21-18-,28-25-,29-26-,32-31-,35-34-,38-37-,41-40-,44-43-,48-27-,49-47-,58-55-. The smallest absolute Gasteiger partial charge is 0.306 e. The normalized spacial score (nSPS) is 13.2. The van der Waals surface area contributed by atoms with Crippen LogP contribution in [0.5, 0.6) is 0 Å². The summed E-state index contributed by atoms with van der Waals surface area (Å²) in [7, 11) is 0. The molecule has 0 aromatic rings. The van der Waals surface area contributed by atoms with Crippen LogP contribution >= 0.6 is 0 Å². The second kappa shape index (κ2) is 69.3. The summed E-state index contributed by atoms with van der Waals surface area (Å²) in [5.41, 5.74) is 0. The molecule has 0 N–H and O–H groups in total. The van der Waals surface area contributed by atoms with Crippen LogP contribution in [0, 0.1) is 0 Å². The van der Waals surface area contributed by atoms with Crippen LogP contribution in [0.3, 0.4) is 0 Å². The Morgan fingerprint density at radius 1 is 0.253 bits per heavy atom. The Bertz CT molecular complexity index is 1890. The zero-order valence-corrected chi connectivity index (χ0v) is 53.4. The van der Waals surface area contributed by atoms with Gasteiger partial charge >= 0.3 is 17.9 Å². The minimum atomic E-state index is -0.816. The topological polar surface area (TPSA) is 78.9 Å². The van der Waals surface area contributed by atoms with E-state index >= 15 is 0 Å². The molecule has 6 heteroatoms. The molecule has 0 spiro atoms. The second-order valence-corrected chi connectivity index (χ2v) is 21.6. The van der Waals surface area contributed by atoms with Crippen molar-refractivity contribution in [1.29, 1.82) is 0 Å². The van der Waals surface area contributed by atoms with Gasteiger partial charge in [0.1, 0.15) is 13.2 Å². The molecule has 83 heavy (non-hydrogen) atoms. The molecule has 0 aliphatic heterocycles. The lowest BCUT2D eigenvalue weighted by Gasteiger charge is -2.18. The van der Waals surface area contributed by atoms with Crippen molar-refractivity contribution in [3.8, 4) is 0 Å². The van der Waals surface area contributed by atoms with Gasteiger partial charge in [0.2, 0.25) is 0 Å². The number of rotatable bonds is 59. The van der Waals surface area contributed by atoms with Crippen LogP contribution in [0.1, 0.15) is 278 Å². The molecule has 0 rings (SSSR count). The molecule has 1 unspecified atom stereocenters. The highest BCUT2D eigenvalue weighted by Gasteiger charge is 2.19. The molecule has 0 bridgehead atoms. The summed E-state index contributed by atoms with van der Waals surface area (Å²) in [5.74, 6) is -0.977. The van der Waals surface area contributed by atoms with Gasteiger partial charge in [0.15, 0.2) is 6.10 Å². The number of carbonyl (C=O) groups excluding carboxylic acids is 3. The van der Waals surface area contributed by atoms with Crippen molar-refractivity contribution in [3.63, 3.8) is 0 Å². The van der Waals surface area contributed by atoms with E-state index in [4.69, 9.17) is 14.2 Å². The van der Waals surface area contributed by atoms with Gasteiger partial charge in [0, 0.05) is 19.3 Å². The van der Waals surface area contributed by atoms with Crippen LogP contribution in [0.4, 0.5) is 0 Å². The zero-order chi connectivity index (χ0) is 59.9. The number of carbonyl (C=O) groups is 3. The van der Waals surface area contributed by atoms with E-state index < -0.39 is 6.10 Å². The van der Waals surface area contributed by atoms with Crippen LogP contribution in [0.25, 0.3) is 0 Å². The van der Waals surface area contributed by atoms with Crippen molar-refractivity contribution in [1.82, 2.24) is 0 Å². The molecule has 6 nitrogen and oxygen atoms in total. The van der Waals surface area contributed by atoms with E-state index in [0.717, 1.165) is 154 Å². The van der Waals surface area contributed by atoms with Crippen molar-refractivity contribution in [3.05, 3.63) is 170 Å². The summed E-state index contributed by atoms with van der Waals surface area (Å²) in [4.78, 5) is 38.3. The number of unbranched alkanes of at least 4 members (excludes halogenated alkanes) is 20. The number of hydrogen-bond acceptors (Lipinski definition) is 6. The van der Waals surface area contributed by atoms with E-state index in [2.05, 4.69) is 191 Å². The van der Waals surface area contributed by atoms with E-state index in [1.165, 1.54) is 77.0 Å². The summed E-state index contributed by atoms with van der Waals surface area (Å²) >= 11 is 0. The molecule has 0 aromatic heterocycles. The van der Waals surface area contributed by atoms with Crippen molar-refractivity contribution < 1.29 is 28.6 Å². The molecule has 466 valence electrons. The SMILES string of the molecule is CC/C=C\C/C=C\C/C=C\C/C=C\C/C=C\C/C=C\C/C=C\C/C=C\C/C=C\C/C=C\CCCCC(=O)OCC(COC(=O)CCCCCCC/C=C\C/C=C\CCCCC)OC(=O)CCCCCCCCC/C=C\C/C=C\CCCCC. The Kier molecular flexibility index (Phi) is 64.9. The molecule has 0 saturated heterocycles. The Hall–Kier alpha value is -5.23. The summed E-state index contributed by atoms with van der Waals surface area (Å²) in [6, 6.07) is 0. The molecule has 0 amide bonds. The van der Waals surface area contributed by atoms with Crippen LogP contribution in [-0.4, -0.2) is 37.2 Å². The van der Waals surface area contributed by atoms with E-state index in [1.54, 1.807) is 0 Å². The van der Waals surface area contributed by atoms with Gasteiger partial charge in [-0.1, -0.05) is 268 Å². The summed E-state index contributed by atoms with van der Waals surface area (Å²) in [5, 5.41) is 0. The first-order chi connectivity index (χ1) is 41.0. The predicted octanol–water partition coefficient (Wildman–Crippen LogP) is 23.4. The highest BCUT2D eigenvalue weighted by Crippen LogP contribution is 2.14. The maximum atomic E-state index is 12.9. The molecular formula is C77H122O6. The minimum Gasteiger partial charge on any atom is -0.462 e. The first-order valence-corrected chi connectivity index (χ1v) is 33.6. The first kappa shape index (κ1) is 77.8. The summed E-state index contributed by atoms with van der Waals surface area (Å²) in [6.07, 6.45) is 102. The third-order valence-corrected chi connectivity index (χ3v) is 13.7. The highest BCUT2D eigenvalue weighted by molar-refractivity contribution is 5.71. The van der Waals surface area contributed by atoms with Crippen LogP contribution in [0.2, 0.25) is 0 Å². The van der Waals surface area contributed by atoms with Gasteiger partial charge < -0.3 is 14.2 Å². The Balaban J connectivity index is 4.44. The van der Waals surface area contributed by atoms with Crippen molar-refractivity contribution in [2.24, 2.45) is 0 Å². The molecule has 0 aliphatic rings. The number of allylic oxidation sites excluding steroid dienone is 28. The number of hydrogen-bond donors (Lipinski definition) is 0. The fourth-order valence-electron chi connectivity index (χ4n) is 8.65. The molecule has 0 aromatic carbocycles. The quantitative estimate of drug-likeness (QED) is 0.0261. The van der Waals surface area contributed by atoms with Gasteiger partial charge in [0.05, 0.1) is 0 Å². The van der Waals surface area contributed by atoms with E-state index in [0.29, 0.717) is 25.7 Å². The lowest BCUT2D eigenvalue weighted by molar-refractivity contribution is -0.167. The minimum absolute atomic E-state index is 0.109. The second-order valence-electron chi connectivity index (χ2n) is 21.6. The largest absolute Gasteiger partial charge is 0.462 e. The van der Waals surface area contributed by atoms with Crippen molar-refractivity contribution in [2.75, 3.05) is 13.2 Å². The average Bonchev–Trinajstić information content (AvgIpc) is 3.49. The van der Waals surface area contributed by atoms with Gasteiger partial charge in [-0.2, -0.15) is 0 Å². The predicted molar refractivity (Wildman–Crippen MR) is 361 cm³/mol. The van der Waals surface area contributed by atoms with Crippen molar-refractivity contribution >= 4 is 17.9 Å². The van der Waals surface area contributed by atoms with Gasteiger partial charge in [-0.05, 0) is 161 Å². The first-order valence-electron chi connectivity index (χ1n) is 33.6. The number of esters is 3. The van der Waals surface area contributed by atoms with Crippen LogP contribution < -0.4 is 0 Å². The number of ether oxygens (including phenoxy) is 3.